The summed E-state index contributed by atoms with van der Waals surface area (Å²) in [4.78, 5) is 23.2. The molecule has 0 aliphatic rings. The van der Waals surface area contributed by atoms with E-state index in [4.69, 9.17) is 4.74 Å². The van der Waals surface area contributed by atoms with Gasteiger partial charge >= 0.3 is 11.9 Å². The van der Waals surface area contributed by atoms with Gasteiger partial charge < -0.3 is 14.9 Å². The van der Waals surface area contributed by atoms with Crippen LogP contribution >= 0.6 is 0 Å². The number of hydrogen-bond donors (Lipinski definition) is 2. The molecular formula is C16H30O5. The van der Waals surface area contributed by atoms with Crippen molar-refractivity contribution < 1.29 is 24.5 Å². The molecule has 5 nitrogen and oxygen atoms in total. The van der Waals surface area contributed by atoms with Gasteiger partial charge in [-0.15, -0.1) is 0 Å². The minimum Gasteiger partial charge on any atom is -0.393 e. The number of carbonyl (C=O) groups is 2. The lowest BCUT2D eigenvalue weighted by atomic mass is 9.74. The molecule has 3 atom stereocenters. The van der Waals surface area contributed by atoms with Crippen LogP contribution in [0, 0.1) is 23.2 Å². The van der Waals surface area contributed by atoms with Gasteiger partial charge in [-0.3, -0.25) is 9.59 Å². The Bertz CT molecular complexity index is 360. The lowest BCUT2D eigenvalue weighted by molar-refractivity contribution is -0.166. The van der Waals surface area contributed by atoms with Crippen molar-refractivity contribution in [3.8, 4) is 0 Å². The average molecular weight is 302 g/mol. The summed E-state index contributed by atoms with van der Waals surface area (Å²) in [5.74, 6) is -2.18. The molecule has 0 heterocycles. The van der Waals surface area contributed by atoms with E-state index in [0.717, 1.165) is 0 Å². The van der Waals surface area contributed by atoms with Crippen molar-refractivity contribution in [3.05, 3.63) is 0 Å². The second kappa shape index (κ2) is 7.90. The third kappa shape index (κ3) is 5.75. The van der Waals surface area contributed by atoms with Gasteiger partial charge in [-0.05, 0) is 12.3 Å². The zero-order chi connectivity index (χ0) is 17.0. The summed E-state index contributed by atoms with van der Waals surface area (Å²) in [7, 11) is 0. The van der Waals surface area contributed by atoms with Crippen LogP contribution in [-0.4, -0.2) is 34.4 Å². The Morgan fingerprint density at radius 1 is 1.00 bits per heavy atom. The van der Waals surface area contributed by atoms with E-state index >= 15 is 0 Å². The highest BCUT2D eigenvalue weighted by molar-refractivity contribution is 5.87. The van der Waals surface area contributed by atoms with Gasteiger partial charge in [-0.2, -0.15) is 0 Å². The van der Waals surface area contributed by atoms with Crippen molar-refractivity contribution in [2.24, 2.45) is 23.2 Å². The van der Waals surface area contributed by atoms with E-state index in [9.17, 15) is 19.8 Å². The Hall–Kier alpha value is -0.940. The van der Waals surface area contributed by atoms with Crippen molar-refractivity contribution in [1.82, 2.24) is 0 Å². The van der Waals surface area contributed by atoms with E-state index in [2.05, 4.69) is 0 Å². The zero-order valence-electron chi connectivity index (χ0n) is 14.2. The van der Waals surface area contributed by atoms with Gasteiger partial charge in [-0.25, -0.2) is 0 Å². The molecule has 0 aromatic heterocycles. The number of aliphatic hydroxyl groups is 2. The molecule has 124 valence electrons. The summed E-state index contributed by atoms with van der Waals surface area (Å²) in [5.41, 5.74) is -0.745. The zero-order valence-corrected chi connectivity index (χ0v) is 14.2. The molecular weight excluding hydrogens is 272 g/mol. The summed E-state index contributed by atoms with van der Waals surface area (Å²) >= 11 is 0. The quantitative estimate of drug-likeness (QED) is 0.556. The van der Waals surface area contributed by atoms with Crippen LogP contribution in [0.3, 0.4) is 0 Å². The largest absolute Gasteiger partial charge is 0.393 e. The van der Waals surface area contributed by atoms with Gasteiger partial charge in [0.1, 0.15) is 0 Å². The molecule has 0 amide bonds. The van der Waals surface area contributed by atoms with E-state index in [1.807, 2.05) is 13.8 Å². The van der Waals surface area contributed by atoms with Crippen LogP contribution in [0.25, 0.3) is 0 Å². The van der Waals surface area contributed by atoms with Crippen molar-refractivity contribution >= 4 is 11.9 Å². The topological polar surface area (TPSA) is 83.8 Å². The molecule has 5 heteroatoms. The normalized spacial score (nSPS) is 16.7. The summed E-state index contributed by atoms with van der Waals surface area (Å²) in [6.07, 6.45) is -1.42. The molecule has 3 unspecified atom stereocenters. The van der Waals surface area contributed by atoms with Crippen LogP contribution in [0.2, 0.25) is 0 Å². The van der Waals surface area contributed by atoms with Gasteiger partial charge in [0.15, 0.2) is 0 Å². The van der Waals surface area contributed by atoms with Gasteiger partial charge in [0, 0.05) is 5.41 Å². The molecule has 0 spiro atoms. The molecule has 0 saturated heterocycles. The Morgan fingerprint density at radius 2 is 1.48 bits per heavy atom. The summed E-state index contributed by atoms with van der Waals surface area (Å²) in [6, 6.07) is 0. The van der Waals surface area contributed by atoms with Crippen molar-refractivity contribution in [2.75, 3.05) is 0 Å². The number of rotatable bonds is 7. The molecule has 0 rings (SSSR count). The standard InChI is InChI=1S/C16H30O5/c1-9(2)13(18)16(6,7)12(17)8-11(5)15(20)21-14(19)10(3)4/h9-13,17-18H,8H2,1-7H3. The number of hydrogen-bond acceptors (Lipinski definition) is 5. The smallest absolute Gasteiger partial charge is 0.316 e. The van der Waals surface area contributed by atoms with Crippen molar-refractivity contribution in [2.45, 2.75) is 67.1 Å². The fourth-order valence-electron chi connectivity index (χ4n) is 2.11. The molecule has 0 saturated carbocycles. The van der Waals surface area contributed by atoms with E-state index < -0.39 is 35.5 Å². The number of aliphatic hydroxyl groups excluding tert-OH is 2. The predicted molar refractivity (Wildman–Crippen MR) is 80.4 cm³/mol. The molecule has 0 aliphatic heterocycles. The first-order valence-electron chi connectivity index (χ1n) is 7.52. The molecule has 0 bridgehead atoms. The highest BCUT2D eigenvalue weighted by Crippen LogP contribution is 2.33. The van der Waals surface area contributed by atoms with Crippen LogP contribution in [0.5, 0.6) is 0 Å². The minimum atomic E-state index is -0.869. The van der Waals surface area contributed by atoms with Crippen LogP contribution < -0.4 is 0 Å². The fraction of sp³-hybridized carbons (Fsp3) is 0.875. The van der Waals surface area contributed by atoms with Crippen LogP contribution in [0.15, 0.2) is 0 Å². The third-order valence-electron chi connectivity index (χ3n) is 3.90. The first kappa shape index (κ1) is 20.1. The van der Waals surface area contributed by atoms with Gasteiger partial charge in [0.05, 0.1) is 24.0 Å². The number of carbonyl (C=O) groups excluding carboxylic acids is 2. The molecule has 2 N–H and O–H groups in total. The van der Waals surface area contributed by atoms with Crippen molar-refractivity contribution in [3.63, 3.8) is 0 Å². The van der Waals surface area contributed by atoms with Crippen LogP contribution in [-0.2, 0) is 14.3 Å². The maximum absolute atomic E-state index is 11.8. The van der Waals surface area contributed by atoms with Gasteiger partial charge in [0.2, 0.25) is 0 Å². The Morgan fingerprint density at radius 3 is 1.86 bits per heavy atom. The van der Waals surface area contributed by atoms with Gasteiger partial charge in [0.25, 0.3) is 0 Å². The summed E-state index contributed by atoms with van der Waals surface area (Å²) in [5, 5.41) is 20.5. The van der Waals surface area contributed by atoms with Crippen molar-refractivity contribution in [1.29, 1.82) is 0 Å². The molecule has 21 heavy (non-hydrogen) atoms. The first-order chi connectivity index (χ1) is 9.41. The second-order valence-corrected chi connectivity index (χ2v) is 7.06. The summed E-state index contributed by atoms with van der Waals surface area (Å²) < 4.78 is 4.74. The van der Waals surface area contributed by atoms with Gasteiger partial charge in [-0.1, -0.05) is 48.5 Å². The van der Waals surface area contributed by atoms with Crippen LogP contribution in [0.4, 0.5) is 0 Å². The van der Waals surface area contributed by atoms with Crippen LogP contribution in [0.1, 0.15) is 54.9 Å². The predicted octanol–water partition coefficient (Wildman–Crippen LogP) is 2.14. The number of esters is 2. The number of ether oxygens (including phenoxy) is 1. The maximum atomic E-state index is 11.8. The molecule has 0 aliphatic carbocycles. The second-order valence-electron chi connectivity index (χ2n) is 7.06. The molecule has 0 radical (unpaired) electrons. The maximum Gasteiger partial charge on any atom is 0.316 e. The van der Waals surface area contributed by atoms with E-state index in [1.54, 1.807) is 34.6 Å². The molecule has 0 aromatic rings. The van der Waals surface area contributed by atoms with E-state index in [-0.39, 0.29) is 18.3 Å². The van der Waals surface area contributed by atoms with E-state index in [0.29, 0.717) is 0 Å². The third-order valence-corrected chi connectivity index (χ3v) is 3.90. The first-order valence-corrected chi connectivity index (χ1v) is 7.52. The Balaban J connectivity index is 4.66. The summed E-state index contributed by atoms with van der Waals surface area (Å²) in [6.45, 7) is 12.2. The molecule has 0 aromatic carbocycles. The Labute approximate surface area is 127 Å². The SMILES string of the molecule is CC(C)C(=O)OC(=O)C(C)CC(O)C(C)(C)C(O)C(C)C. The monoisotopic (exact) mass is 302 g/mol. The fourth-order valence-corrected chi connectivity index (χ4v) is 2.11. The highest BCUT2D eigenvalue weighted by Gasteiger charge is 2.38. The minimum absolute atomic E-state index is 0.000531. The lowest BCUT2D eigenvalue weighted by Gasteiger charge is -2.38. The lowest BCUT2D eigenvalue weighted by Crippen LogP contribution is -2.44. The highest BCUT2D eigenvalue weighted by atomic mass is 16.6. The Kier molecular flexibility index (Phi) is 7.54. The molecule has 0 fully saturated rings. The average Bonchev–Trinajstić information content (AvgIpc) is 2.36. The van der Waals surface area contributed by atoms with E-state index in [1.165, 1.54) is 0 Å².